The Morgan fingerprint density at radius 2 is 1.79 bits per heavy atom. The van der Waals surface area contributed by atoms with Crippen LogP contribution in [0.25, 0.3) is 0 Å². The summed E-state index contributed by atoms with van der Waals surface area (Å²) in [6, 6.07) is 3.02. The second-order valence-corrected chi connectivity index (χ2v) is 4.82. The predicted molar refractivity (Wildman–Crippen MR) is 76.1 cm³/mol. The molecule has 2 aromatic rings. The smallest absolute Gasteiger partial charge is 0.227 e. The van der Waals surface area contributed by atoms with Gasteiger partial charge >= 0.3 is 0 Å². The molecular weight excluding hydrogens is 311 g/mol. The highest BCUT2D eigenvalue weighted by molar-refractivity contribution is 6.43. The van der Waals surface area contributed by atoms with Crippen molar-refractivity contribution in [2.75, 3.05) is 5.43 Å². The van der Waals surface area contributed by atoms with Crippen molar-refractivity contribution in [2.24, 2.45) is 5.84 Å². The van der Waals surface area contributed by atoms with Crippen molar-refractivity contribution in [3.05, 3.63) is 39.1 Å². The van der Waals surface area contributed by atoms with Crippen molar-refractivity contribution in [3.8, 4) is 11.6 Å². The second kappa shape index (κ2) is 5.79. The largest absolute Gasteiger partial charge is 0.437 e. The molecule has 0 aliphatic carbocycles. The van der Waals surface area contributed by atoms with Gasteiger partial charge in [0.25, 0.3) is 0 Å². The quantitative estimate of drug-likeness (QED) is 0.511. The van der Waals surface area contributed by atoms with Gasteiger partial charge in [0, 0.05) is 6.07 Å². The molecule has 19 heavy (non-hydrogen) atoms. The minimum absolute atomic E-state index is 0.322. The highest BCUT2D eigenvalue weighted by atomic mass is 35.5. The van der Waals surface area contributed by atoms with E-state index in [0.29, 0.717) is 38.1 Å². The summed E-state index contributed by atoms with van der Waals surface area (Å²) in [5.41, 5.74) is 3.09. The summed E-state index contributed by atoms with van der Waals surface area (Å²) in [4.78, 5) is 7.96. The Hall–Kier alpha value is -1.27. The topological polar surface area (TPSA) is 73.1 Å². The van der Waals surface area contributed by atoms with Gasteiger partial charge in [-0.1, -0.05) is 34.8 Å². The summed E-state index contributed by atoms with van der Waals surface area (Å²) in [5, 5.41) is 1.02. The van der Waals surface area contributed by atoms with Crippen LogP contribution in [0, 0.1) is 6.92 Å². The van der Waals surface area contributed by atoms with Crippen LogP contribution in [0.1, 0.15) is 5.56 Å². The van der Waals surface area contributed by atoms with Crippen LogP contribution < -0.4 is 16.0 Å². The summed E-state index contributed by atoms with van der Waals surface area (Å²) < 4.78 is 5.60. The van der Waals surface area contributed by atoms with Crippen LogP contribution in [0.2, 0.25) is 15.1 Å². The number of rotatable bonds is 3. The third kappa shape index (κ3) is 3.01. The lowest BCUT2D eigenvalue weighted by Crippen LogP contribution is -2.11. The lowest BCUT2D eigenvalue weighted by molar-refractivity contribution is 0.458. The van der Waals surface area contributed by atoms with Crippen LogP contribution in [-0.2, 0) is 0 Å². The second-order valence-electron chi connectivity index (χ2n) is 3.60. The summed E-state index contributed by atoms with van der Waals surface area (Å²) in [6.45, 7) is 1.76. The van der Waals surface area contributed by atoms with Gasteiger partial charge in [0.05, 0.1) is 20.6 Å². The van der Waals surface area contributed by atoms with E-state index in [1.807, 2.05) is 0 Å². The molecular formula is C11H9Cl3N4O. The Kier molecular flexibility index (Phi) is 4.31. The number of halogens is 3. The average molecular weight is 320 g/mol. The first-order chi connectivity index (χ1) is 9.02. The summed E-state index contributed by atoms with van der Waals surface area (Å²) in [6.07, 6.45) is 1.32. The molecule has 0 fully saturated rings. The molecule has 0 amide bonds. The molecule has 0 unspecified atom stereocenters. The van der Waals surface area contributed by atoms with E-state index >= 15 is 0 Å². The van der Waals surface area contributed by atoms with E-state index in [0.717, 1.165) is 0 Å². The van der Waals surface area contributed by atoms with Crippen molar-refractivity contribution in [3.63, 3.8) is 0 Å². The molecule has 3 N–H and O–H groups in total. The highest BCUT2D eigenvalue weighted by Gasteiger charge is 2.12. The SMILES string of the molecule is Cc1c(NN)ncnc1Oc1cc(Cl)c(Cl)cc1Cl. The number of anilines is 1. The normalized spacial score (nSPS) is 10.4. The average Bonchev–Trinajstić information content (AvgIpc) is 2.38. The van der Waals surface area contributed by atoms with Crippen LogP contribution in [0.15, 0.2) is 18.5 Å². The zero-order valence-corrected chi connectivity index (χ0v) is 12.0. The molecule has 0 aliphatic rings. The fraction of sp³-hybridized carbons (Fsp3) is 0.0909. The molecule has 0 bridgehead atoms. The first-order valence-electron chi connectivity index (χ1n) is 5.13. The maximum atomic E-state index is 6.03. The number of ether oxygens (including phenoxy) is 1. The number of nitrogens with one attached hydrogen (secondary N) is 1. The molecule has 8 heteroatoms. The first kappa shape index (κ1) is 14.1. The van der Waals surface area contributed by atoms with Gasteiger partial charge in [-0.25, -0.2) is 15.8 Å². The molecule has 1 heterocycles. The van der Waals surface area contributed by atoms with Gasteiger partial charge in [0.1, 0.15) is 17.9 Å². The molecule has 100 valence electrons. The van der Waals surface area contributed by atoms with E-state index in [1.54, 1.807) is 6.92 Å². The number of hydrogen-bond donors (Lipinski definition) is 2. The van der Waals surface area contributed by atoms with Gasteiger partial charge in [-0.2, -0.15) is 0 Å². The molecule has 0 saturated heterocycles. The minimum Gasteiger partial charge on any atom is -0.437 e. The van der Waals surface area contributed by atoms with Gasteiger partial charge in [0.2, 0.25) is 5.88 Å². The Morgan fingerprint density at radius 3 is 2.47 bits per heavy atom. The van der Waals surface area contributed by atoms with E-state index < -0.39 is 0 Å². The molecule has 0 saturated carbocycles. The van der Waals surface area contributed by atoms with Gasteiger partial charge in [-0.05, 0) is 13.0 Å². The Bertz CT molecular complexity index is 621. The third-order valence-corrected chi connectivity index (χ3v) is 3.37. The minimum atomic E-state index is 0.322. The van der Waals surface area contributed by atoms with Crippen molar-refractivity contribution in [2.45, 2.75) is 6.92 Å². The van der Waals surface area contributed by atoms with Crippen molar-refractivity contribution in [1.29, 1.82) is 0 Å². The fourth-order valence-electron chi connectivity index (χ4n) is 1.37. The molecule has 0 aliphatic heterocycles. The van der Waals surface area contributed by atoms with Crippen LogP contribution in [-0.4, -0.2) is 9.97 Å². The predicted octanol–water partition coefficient (Wildman–Crippen LogP) is 3.82. The van der Waals surface area contributed by atoms with Crippen LogP contribution in [0.5, 0.6) is 11.6 Å². The molecule has 0 spiro atoms. The first-order valence-corrected chi connectivity index (χ1v) is 6.27. The van der Waals surface area contributed by atoms with Gasteiger partial charge < -0.3 is 10.2 Å². The fourth-order valence-corrected chi connectivity index (χ4v) is 1.94. The summed E-state index contributed by atoms with van der Waals surface area (Å²) in [5.74, 6) is 6.46. The molecule has 5 nitrogen and oxygen atoms in total. The van der Waals surface area contributed by atoms with Crippen LogP contribution in [0.4, 0.5) is 5.82 Å². The monoisotopic (exact) mass is 318 g/mol. The molecule has 0 radical (unpaired) electrons. The van der Waals surface area contributed by atoms with Gasteiger partial charge in [-0.15, -0.1) is 0 Å². The van der Waals surface area contributed by atoms with Crippen molar-refractivity contribution in [1.82, 2.24) is 9.97 Å². The van der Waals surface area contributed by atoms with Crippen LogP contribution in [0.3, 0.4) is 0 Å². The van der Waals surface area contributed by atoms with E-state index in [-0.39, 0.29) is 0 Å². The summed E-state index contributed by atoms with van der Waals surface area (Å²) >= 11 is 17.8. The summed E-state index contributed by atoms with van der Waals surface area (Å²) in [7, 11) is 0. The van der Waals surface area contributed by atoms with Gasteiger partial charge in [-0.3, -0.25) is 0 Å². The van der Waals surface area contributed by atoms with E-state index in [9.17, 15) is 0 Å². The molecule has 0 atom stereocenters. The van der Waals surface area contributed by atoms with E-state index in [1.165, 1.54) is 18.5 Å². The van der Waals surface area contributed by atoms with Crippen LogP contribution >= 0.6 is 34.8 Å². The maximum absolute atomic E-state index is 6.03. The maximum Gasteiger partial charge on any atom is 0.227 e. The van der Waals surface area contributed by atoms with Gasteiger partial charge in [0.15, 0.2) is 0 Å². The Morgan fingerprint density at radius 1 is 1.11 bits per heavy atom. The highest BCUT2D eigenvalue weighted by Crippen LogP contribution is 2.36. The number of nitrogen functional groups attached to an aromatic ring is 1. The number of aromatic nitrogens is 2. The zero-order valence-electron chi connectivity index (χ0n) is 9.75. The number of benzene rings is 1. The zero-order chi connectivity index (χ0) is 14.0. The lowest BCUT2D eigenvalue weighted by Gasteiger charge is -2.11. The molecule has 1 aromatic heterocycles. The molecule has 1 aromatic carbocycles. The third-order valence-electron chi connectivity index (χ3n) is 2.36. The van der Waals surface area contributed by atoms with E-state index in [2.05, 4.69) is 15.4 Å². The van der Waals surface area contributed by atoms with Crippen molar-refractivity contribution < 1.29 is 4.74 Å². The number of nitrogens with zero attached hydrogens (tertiary/aromatic N) is 2. The number of hydrogen-bond acceptors (Lipinski definition) is 5. The van der Waals surface area contributed by atoms with Crippen molar-refractivity contribution >= 4 is 40.6 Å². The Balaban J connectivity index is 2.39. The number of nitrogens with two attached hydrogens (primary N) is 1. The molecule has 2 rings (SSSR count). The van der Waals surface area contributed by atoms with E-state index in [4.69, 9.17) is 45.4 Å². The number of hydrazine groups is 1. The standard InChI is InChI=1S/C11H9Cl3N4O/c1-5-10(18-15)16-4-17-11(5)19-9-3-7(13)6(12)2-8(9)14/h2-4H,15H2,1H3,(H,16,17,18). The Labute approximate surface area is 124 Å². The lowest BCUT2D eigenvalue weighted by atomic mass is 10.3.